The van der Waals surface area contributed by atoms with E-state index in [0.29, 0.717) is 6.42 Å². The summed E-state index contributed by atoms with van der Waals surface area (Å²) in [4.78, 5) is 37.9. The first-order valence-corrected chi connectivity index (χ1v) is 14.0. The molecule has 6 unspecified atom stereocenters. The van der Waals surface area contributed by atoms with Gasteiger partial charge in [-0.1, -0.05) is 34.6 Å². The van der Waals surface area contributed by atoms with Gasteiger partial charge in [-0.3, -0.25) is 9.59 Å². The molecule has 6 rings (SSSR count). The van der Waals surface area contributed by atoms with Gasteiger partial charge in [-0.15, -0.1) is 0 Å². The number of ether oxygens (including phenoxy) is 4. The number of hydrogen-bond donors (Lipinski definition) is 0. The molecule has 38 heavy (non-hydrogen) atoms. The molecule has 208 valence electrons. The first-order valence-electron chi connectivity index (χ1n) is 14.0. The largest absolute Gasteiger partial charge is 0.472 e. The van der Waals surface area contributed by atoms with Crippen LogP contribution in [0.25, 0.3) is 0 Å². The number of cyclic esters (lactones) is 1. The molecule has 8 nitrogen and oxygen atoms in total. The van der Waals surface area contributed by atoms with Crippen LogP contribution in [0, 0.1) is 33.5 Å². The van der Waals surface area contributed by atoms with E-state index in [1.54, 1.807) is 12.5 Å². The third-order valence-electron chi connectivity index (χ3n) is 11.8. The molecule has 0 bridgehead atoms. The molecule has 2 aliphatic heterocycles. The summed E-state index contributed by atoms with van der Waals surface area (Å²) >= 11 is 0. The SMILES string of the molecule is CC(=O)OC1CC[C@]2(C)C(CC(OC(C)=O)[C@]3(C)C2CC[C@@]2(C)C(c4ccoc4)OC(=O)C4O[C@]432)C1(C)C. The van der Waals surface area contributed by atoms with Gasteiger partial charge in [0.1, 0.15) is 23.9 Å². The summed E-state index contributed by atoms with van der Waals surface area (Å²) in [5.74, 6) is -0.688. The van der Waals surface area contributed by atoms with E-state index < -0.39 is 34.7 Å². The minimum absolute atomic E-state index is 0.120. The van der Waals surface area contributed by atoms with Crippen molar-refractivity contribution in [2.45, 2.75) is 111 Å². The molecule has 0 amide bonds. The van der Waals surface area contributed by atoms with Crippen molar-refractivity contribution >= 4 is 17.9 Å². The standard InChI is InChI=1S/C30H40O8/c1-16(31)35-21-9-11-27(5)19-8-12-28(6)23(18-10-13-34-15-18)37-25(33)24-30(28,38-24)29(19,7)22(36-17(2)32)14-20(27)26(21,3)4/h10,13,15,19-24H,8-9,11-12,14H2,1-7H3/t19?,20?,21?,22?,23?,24?,27-,28-,29-,30-/m0/s1. The van der Waals surface area contributed by atoms with Crippen LogP contribution in [0.2, 0.25) is 0 Å². The van der Waals surface area contributed by atoms with Crippen LogP contribution in [-0.2, 0) is 33.3 Å². The Hall–Kier alpha value is -2.35. The molecule has 5 aliphatic rings. The van der Waals surface area contributed by atoms with Gasteiger partial charge in [-0.25, -0.2) is 4.79 Å². The zero-order valence-corrected chi connectivity index (χ0v) is 23.5. The van der Waals surface area contributed by atoms with E-state index in [1.165, 1.54) is 13.8 Å². The van der Waals surface area contributed by atoms with Crippen molar-refractivity contribution in [3.63, 3.8) is 0 Å². The Kier molecular flexibility index (Phi) is 5.36. The lowest BCUT2D eigenvalue weighted by molar-refractivity contribution is -0.276. The molecule has 10 atom stereocenters. The molecule has 3 saturated carbocycles. The number of epoxide rings is 1. The van der Waals surface area contributed by atoms with E-state index in [1.807, 2.05) is 6.07 Å². The molecule has 1 aromatic heterocycles. The molecule has 0 radical (unpaired) electrons. The number of esters is 3. The maximum Gasteiger partial charge on any atom is 0.339 e. The first-order chi connectivity index (χ1) is 17.7. The van der Waals surface area contributed by atoms with Gasteiger partial charge in [0, 0.05) is 35.7 Å². The molecule has 1 spiro atoms. The maximum absolute atomic E-state index is 13.4. The van der Waals surface area contributed by atoms with Crippen molar-refractivity contribution < 1.29 is 37.7 Å². The number of carbonyl (C=O) groups is 3. The smallest absolute Gasteiger partial charge is 0.339 e. The summed E-state index contributed by atoms with van der Waals surface area (Å²) in [5.41, 5.74) is -1.58. The first kappa shape index (κ1) is 25.9. The van der Waals surface area contributed by atoms with Gasteiger partial charge in [0.25, 0.3) is 0 Å². The second kappa shape index (κ2) is 7.86. The highest BCUT2D eigenvalue weighted by atomic mass is 16.7. The van der Waals surface area contributed by atoms with Gasteiger partial charge in [-0.05, 0) is 55.4 Å². The normalized spacial score (nSPS) is 48.3. The average molecular weight is 529 g/mol. The van der Waals surface area contributed by atoms with E-state index in [0.717, 1.165) is 31.2 Å². The Morgan fingerprint density at radius 3 is 2.24 bits per heavy atom. The summed E-state index contributed by atoms with van der Waals surface area (Å²) in [6.45, 7) is 14.0. The molecule has 0 aromatic carbocycles. The monoisotopic (exact) mass is 528 g/mol. The van der Waals surface area contributed by atoms with Crippen LogP contribution in [0.5, 0.6) is 0 Å². The van der Waals surface area contributed by atoms with E-state index in [2.05, 4.69) is 34.6 Å². The Labute approximate surface area is 224 Å². The van der Waals surface area contributed by atoms with E-state index in [-0.39, 0.29) is 46.7 Å². The molecular weight excluding hydrogens is 488 g/mol. The van der Waals surface area contributed by atoms with Crippen LogP contribution < -0.4 is 0 Å². The van der Waals surface area contributed by atoms with E-state index in [9.17, 15) is 14.4 Å². The predicted octanol–water partition coefficient (Wildman–Crippen LogP) is 5.15. The highest BCUT2D eigenvalue weighted by Gasteiger charge is 2.88. The minimum atomic E-state index is -0.828. The fraction of sp³-hybridized carbons (Fsp3) is 0.767. The van der Waals surface area contributed by atoms with E-state index >= 15 is 0 Å². The van der Waals surface area contributed by atoms with Crippen molar-refractivity contribution in [1.82, 2.24) is 0 Å². The molecule has 3 heterocycles. The summed E-state index contributed by atoms with van der Waals surface area (Å²) < 4.78 is 30.1. The Balaban J connectivity index is 1.49. The quantitative estimate of drug-likeness (QED) is 0.301. The van der Waals surface area contributed by atoms with Crippen LogP contribution in [-0.4, -0.2) is 41.8 Å². The molecule has 3 aliphatic carbocycles. The number of carbonyl (C=O) groups excluding carboxylic acids is 3. The highest BCUT2D eigenvalue weighted by Crippen LogP contribution is 2.80. The predicted molar refractivity (Wildman–Crippen MR) is 134 cm³/mol. The van der Waals surface area contributed by atoms with Crippen LogP contribution in [0.4, 0.5) is 0 Å². The van der Waals surface area contributed by atoms with Gasteiger partial charge >= 0.3 is 17.9 Å². The topological polar surface area (TPSA) is 105 Å². The van der Waals surface area contributed by atoms with Crippen molar-refractivity contribution in [2.24, 2.45) is 33.5 Å². The summed E-state index contributed by atoms with van der Waals surface area (Å²) in [7, 11) is 0. The average Bonchev–Trinajstić information content (AvgIpc) is 3.39. The lowest BCUT2D eigenvalue weighted by Crippen LogP contribution is -2.73. The fourth-order valence-corrected chi connectivity index (χ4v) is 10.3. The summed E-state index contributed by atoms with van der Waals surface area (Å²) in [6.07, 6.45) is 5.36. The van der Waals surface area contributed by atoms with Crippen molar-refractivity contribution in [3.8, 4) is 0 Å². The fourth-order valence-electron chi connectivity index (χ4n) is 10.3. The van der Waals surface area contributed by atoms with Gasteiger partial charge in [0.05, 0.1) is 12.5 Å². The molecule has 5 fully saturated rings. The molecule has 2 saturated heterocycles. The Bertz CT molecular complexity index is 1170. The second-order valence-electron chi connectivity index (χ2n) is 13.7. The second-order valence-corrected chi connectivity index (χ2v) is 13.7. The van der Waals surface area contributed by atoms with Crippen LogP contribution in [0.15, 0.2) is 23.0 Å². The lowest BCUT2D eigenvalue weighted by atomic mass is 9.34. The van der Waals surface area contributed by atoms with Crippen molar-refractivity contribution in [1.29, 1.82) is 0 Å². The zero-order chi connectivity index (χ0) is 27.5. The van der Waals surface area contributed by atoms with Gasteiger partial charge in [0.2, 0.25) is 0 Å². The number of furan rings is 1. The third kappa shape index (κ3) is 2.98. The lowest BCUT2D eigenvalue weighted by Gasteiger charge is -2.70. The van der Waals surface area contributed by atoms with Gasteiger partial charge in [-0.2, -0.15) is 0 Å². The third-order valence-corrected chi connectivity index (χ3v) is 11.8. The maximum atomic E-state index is 13.4. The summed E-state index contributed by atoms with van der Waals surface area (Å²) in [6, 6.07) is 1.86. The number of fused-ring (bicyclic) bond motifs is 3. The molecule has 0 N–H and O–H groups in total. The summed E-state index contributed by atoms with van der Waals surface area (Å²) in [5, 5.41) is 0. The van der Waals surface area contributed by atoms with Crippen LogP contribution >= 0.6 is 0 Å². The molecular formula is C30H40O8. The minimum Gasteiger partial charge on any atom is -0.472 e. The molecule has 8 heteroatoms. The zero-order valence-electron chi connectivity index (χ0n) is 23.5. The Morgan fingerprint density at radius 1 is 0.921 bits per heavy atom. The van der Waals surface area contributed by atoms with Gasteiger partial charge < -0.3 is 23.4 Å². The van der Waals surface area contributed by atoms with Crippen LogP contribution in [0.3, 0.4) is 0 Å². The number of rotatable bonds is 3. The highest BCUT2D eigenvalue weighted by molar-refractivity contribution is 5.82. The van der Waals surface area contributed by atoms with Crippen molar-refractivity contribution in [3.05, 3.63) is 24.2 Å². The van der Waals surface area contributed by atoms with E-state index in [4.69, 9.17) is 23.4 Å². The molecule has 1 aromatic rings. The van der Waals surface area contributed by atoms with Crippen LogP contribution in [0.1, 0.15) is 92.2 Å². The Morgan fingerprint density at radius 2 is 1.61 bits per heavy atom. The number of hydrogen-bond acceptors (Lipinski definition) is 8. The van der Waals surface area contributed by atoms with Crippen molar-refractivity contribution in [2.75, 3.05) is 0 Å². The van der Waals surface area contributed by atoms with Gasteiger partial charge in [0.15, 0.2) is 6.10 Å².